The molecule has 6 heteroatoms. The number of amides is 1. The fourth-order valence-electron chi connectivity index (χ4n) is 0.756. The highest BCUT2D eigenvalue weighted by Gasteiger charge is 2.24. The van der Waals surface area contributed by atoms with E-state index in [1.165, 1.54) is 6.33 Å². The highest BCUT2D eigenvalue weighted by molar-refractivity contribution is 5.90. The maximum absolute atomic E-state index is 11.4. The molecule has 0 aliphatic rings. The Balaban J connectivity index is 2.58. The molecule has 1 aromatic heterocycles. The first kappa shape index (κ1) is 10.6. The van der Waals surface area contributed by atoms with Crippen LogP contribution in [0, 0.1) is 0 Å². The van der Waals surface area contributed by atoms with E-state index in [1.807, 2.05) is 0 Å². The molecule has 1 unspecified atom stereocenters. The molecule has 0 fully saturated rings. The van der Waals surface area contributed by atoms with Gasteiger partial charge in [0.05, 0.1) is 11.6 Å². The maximum atomic E-state index is 11.4. The van der Waals surface area contributed by atoms with Crippen LogP contribution in [0.1, 0.15) is 31.4 Å². The van der Waals surface area contributed by atoms with Crippen LogP contribution in [0.5, 0.6) is 0 Å². The van der Waals surface area contributed by atoms with Crippen molar-refractivity contribution < 1.29 is 9.90 Å². The number of aromatic nitrogens is 3. The van der Waals surface area contributed by atoms with Gasteiger partial charge in [0.25, 0.3) is 5.91 Å². The lowest BCUT2D eigenvalue weighted by atomic mass is 10.0. The molecule has 14 heavy (non-hydrogen) atoms. The summed E-state index contributed by atoms with van der Waals surface area (Å²) in [5.74, 6) is -0.238. The summed E-state index contributed by atoms with van der Waals surface area (Å²) in [6, 6.07) is -0.361. The average Bonchev–Trinajstić information content (AvgIpc) is 2.53. The zero-order valence-electron chi connectivity index (χ0n) is 8.40. The molecule has 0 radical (unpaired) electrons. The monoisotopic (exact) mass is 198 g/mol. The van der Waals surface area contributed by atoms with Crippen molar-refractivity contribution in [3.8, 4) is 0 Å². The van der Waals surface area contributed by atoms with Gasteiger partial charge in [-0.15, -0.1) is 0 Å². The molecule has 6 nitrogen and oxygen atoms in total. The van der Waals surface area contributed by atoms with Crippen LogP contribution in [-0.4, -0.2) is 37.8 Å². The number of carbonyl (C=O) groups excluding carboxylic acids is 1. The highest BCUT2D eigenvalue weighted by Crippen LogP contribution is 2.07. The lowest BCUT2D eigenvalue weighted by Gasteiger charge is -2.26. The first-order chi connectivity index (χ1) is 6.41. The molecule has 0 aromatic carbocycles. The summed E-state index contributed by atoms with van der Waals surface area (Å²) in [5.41, 5.74) is -0.963. The number of H-pyrrole nitrogens is 1. The molecule has 78 valence electrons. The van der Waals surface area contributed by atoms with E-state index in [2.05, 4.69) is 20.5 Å². The summed E-state index contributed by atoms with van der Waals surface area (Å²) in [6.45, 7) is 4.96. The summed E-state index contributed by atoms with van der Waals surface area (Å²) in [7, 11) is 0. The van der Waals surface area contributed by atoms with Crippen molar-refractivity contribution in [1.29, 1.82) is 0 Å². The van der Waals surface area contributed by atoms with E-state index in [4.69, 9.17) is 0 Å². The Labute approximate surface area is 81.7 Å². The van der Waals surface area contributed by atoms with Gasteiger partial charge in [0.2, 0.25) is 5.82 Å². The lowest BCUT2D eigenvalue weighted by Crippen LogP contribution is -2.47. The topological polar surface area (TPSA) is 90.9 Å². The molecule has 1 atom stereocenters. The second kappa shape index (κ2) is 3.75. The van der Waals surface area contributed by atoms with Gasteiger partial charge in [-0.1, -0.05) is 0 Å². The second-order valence-corrected chi connectivity index (χ2v) is 3.68. The molecular weight excluding hydrogens is 184 g/mol. The lowest BCUT2D eigenvalue weighted by molar-refractivity contribution is 0.0406. The maximum Gasteiger partial charge on any atom is 0.288 e. The van der Waals surface area contributed by atoms with E-state index in [0.717, 1.165) is 0 Å². The number of aliphatic hydroxyl groups is 1. The van der Waals surface area contributed by atoms with Crippen LogP contribution < -0.4 is 5.32 Å². The normalized spacial score (nSPS) is 13.7. The van der Waals surface area contributed by atoms with Crippen LogP contribution in [-0.2, 0) is 0 Å². The van der Waals surface area contributed by atoms with Crippen molar-refractivity contribution in [3.05, 3.63) is 12.2 Å². The van der Waals surface area contributed by atoms with Gasteiger partial charge >= 0.3 is 0 Å². The standard InChI is InChI=1S/C8H14N4O2/c1-5(8(2,3)14)11-7(13)6-9-4-10-12-6/h4-5,14H,1-3H3,(H,11,13)(H,9,10,12). The Hall–Kier alpha value is -1.43. The summed E-state index contributed by atoms with van der Waals surface area (Å²) < 4.78 is 0. The minimum atomic E-state index is -0.963. The van der Waals surface area contributed by atoms with Crippen molar-refractivity contribution in [2.45, 2.75) is 32.4 Å². The predicted octanol–water partition coefficient (Wildman–Crippen LogP) is -0.306. The summed E-state index contributed by atoms with van der Waals surface area (Å²) in [6.07, 6.45) is 1.25. The fraction of sp³-hybridized carbons (Fsp3) is 0.625. The number of hydrogen-bond acceptors (Lipinski definition) is 4. The van der Waals surface area contributed by atoms with Crippen LogP contribution in [0.4, 0.5) is 0 Å². The van der Waals surface area contributed by atoms with Gasteiger partial charge in [-0.3, -0.25) is 9.89 Å². The van der Waals surface area contributed by atoms with E-state index >= 15 is 0 Å². The Morgan fingerprint density at radius 3 is 2.79 bits per heavy atom. The van der Waals surface area contributed by atoms with Gasteiger partial charge in [-0.25, -0.2) is 4.98 Å². The molecule has 0 spiro atoms. The van der Waals surface area contributed by atoms with Gasteiger partial charge in [0.15, 0.2) is 0 Å². The van der Waals surface area contributed by atoms with Crippen LogP contribution >= 0.6 is 0 Å². The largest absolute Gasteiger partial charge is 0.388 e. The van der Waals surface area contributed by atoms with Gasteiger partial charge in [0.1, 0.15) is 6.33 Å². The van der Waals surface area contributed by atoms with Gasteiger partial charge in [-0.2, -0.15) is 5.10 Å². The molecule has 0 aliphatic heterocycles. The Morgan fingerprint density at radius 1 is 1.71 bits per heavy atom. The fourth-order valence-corrected chi connectivity index (χ4v) is 0.756. The van der Waals surface area contributed by atoms with Crippen LogP contribution in [0.3, 0.4) is 0 Å². The molecule has 0 saturated carbocycles. The van der Waals surface area contributed by atoms with E-state index in [1.54, 1.807) is 20.8 Å². The van der Waals surface area contributed by atoms with E-state index < -0.39 is 5.60 Å². The molecule has 1 heterocycles. The number of hydrogen-bond donors (Lipinski definition) is 3. The Morgan fingerprint density at radius 2 is 2.36 bits per heavy atom. The number of nitrogens with one attached hydrogen (secondary N) is 2. The molecule has 1 rings (SSSR count). The Bertz CT molecular complexity index is 302. The van der Waals surface area contributed by atoms with Crippen molar-refractivity contribution in [3.63, 3.8) is 0 Å². The smallest absolute Gasteiger partial charge is 0.288 e. The average molecular weight is 198 g/mol. The molecule has 3 N–H and O–H groups in total. The quantitative estimate of drug-likeness (QED) is 0.621. The van der Waals surface area contributed by atoms with E-state index in [9.17, 15) is 9.90 Å². The number of aromatic amines is 1. The van der Waals surface area contributed by atoms with Gasteiger partial charge < -0.3 is 10.4 Å². The summed E-state index contributed by atoms with van der Waals surface area (Å²) >= 11 is 0. The van der Waals surface area contributed by atoms with Crippen molar-refractivity contribution in [2.75, 3.05) is 0 Å². The SMILES string of the molecule is CC(NC(=O)c1ncn[nH]1)C(C)(C)O. The summed E-state index contributed by atoms with van der Waals surface area (Å²) in [4.78, 5) is 15.1. The van der Waals surface area contributed by atoms with Gasteiger partial charge in [-0.05, 0) is 20.8 Å². The number of carbonyl (C=O) groups is 1. The van der Waals surface area contributed by atoms with Crippen LogP contribution in [0.15, 0.2) is 6.33 Å². The zero-order valence-corrected chi connectivity index (χ0v) is 8.40. The number of nitrogens with zero attached hydrogens (tertiary/aromatic N) is 2. The first-order valence-corrected chi connectivity index (χ1v) is 4.30. The zero-order chi connectivity index (χ0) is 10.8. The molecule has 1 aromatic rings. The third kappa shape index (κ3) is 2.53. The molecule has 0 bridgehead atoms. The first-order valence-electron chi connectivity index (χ1n) is 4.30. The number of rotatable bonds is 3. The molecular formula is C8H14N4O2. The van der Waals surface area contributed by atoms with Crippen molar-refractivity contribution in [2.24, 2.45) is 0 Å². The molecule has 0 aliphatic carbocycles. The molecule has 0 saturated heterocycles. The van der Waals surface area contributed by atoms with Crippen molar-refractivity contribution >= 4 is 5.91 Å². The van der Waals surface area contributed by atoms with Crippen LogP contribution in [0.25, 0.3) is 0 Å². The second-order valence-electron chi connectivity index (χ2n) is 3.68. The minimum absolute atomic E-state index is 0.140. The minimum Gasteiger partial charge on any atom is -0.388 e. The van der Waals surface area contributed by atoms with E-state index in [-0.39, 0.29) is 17.8 Å². The summed E-state index contributed by atoms with van der Waals surface area (Å²) in [5, 5.41) is 18.2. The van der Waals surface area contributed by atoms with Crippen LogP contribution in [0.2, 0.25) is 0 Å². The van der Waals surface area contributed by atoms with E-state index in [0.29, 0.717) is 0 Å². The third-order valence-corrected chi connectivity index (χ3v) is 2.04. The van der Waals surface area contributed by atoms with Gasteiger partial charge in [0, 0.05) is 0 Å². The highest BCUT2D eigenvalue weighted by atomic mass is 16.3. The molecule has 1 amide bonds. The predicted molar refractivity (Wildman–Crippen MR) is 49.6 cm³/mol. The third-order valence-electron chi connectivity index (χ3n) is 2.04. The van der Waals surface area contributed by atoms with Crippen molar-refractivity contribution in [1.82, 2.24) is 20.5 Å². The Kier molecular flexibility index (Phi) is 2.85.